The quantitative estimate of drug-likeness (QED) is 0.0454. The molecule has 0 saturated carbocycles. The van der Waals surface area contributed by atoms with Crippen molar-refractivity contribution in [3.05, 3.63) is 48.6 Å². The molecular weight excluding hydrogens is 544 g/mol. The van der Waals surface area contributed by atoms with Gasteiger partial charge in [-0.05, 0) is 77.0 Å². The van der Waals surface area contributed by atoms with Crippen LogP contribution in [0.3, 0.4) is 0 Å². The van der Waals surface area contributed by atoms with Gasteiger partial charge in [-0.2, -0.15) is 0 Å². The third-order valence-electron chi connectivity index (χ3n) is 8.07. The Hall–Kier alpha value is -2.10. The summed E-state index contributed by atoms with van der Waals surface area (Å²) in [6.07, 6.45) is 46.9. The topological polar surface area (TPSA) is 63.6 Å². The van der Waals surface area contributed by atoms with Gasteiger partial charge in [-0.1, -0.05) is 146 Å². The van der Waals surface area contributed by atoms with E-state index < -0.39 is 5.97 Å². The van der Waals surface area contributed by atoms with Crippen LogP contribution in [0.2, 0.25) is 0 Å². The lowest BCUT2D eigenvalue weighted by atomic mass is 10.0. The highest BCUT2D eigenvalue weighted by atomic mass is 16.5. The number of unbranched alkanes of at least 4 members (excludes halogenated alkanes) is 16. The van der Waals surface area contributed by atoms with Gasteiger partial charge in [0, 0.05) is 12.8 Å². The number of carboxylic acid groups (broad SMARTS) is 1. The lowest BCUT2D eigenvalue weighted by molar-refractivity contribution is -0.150. The highest BCUT2D eigenvalue weighted by Crippen LogP contribution is 2.18. The first kappa shape index (κ1) is 41.9. The highest BCUT2D eigenvalue weighted by molar-refractivity contribution is 5.69. The van der Waals surface area contributed by atoms with Crippen LogP contribution in [-0.2, 0) is 14.3 Å². The summed E-state index contributed by atoms with van der Waals surface area (Å²) in [5.74, 6) is -0.845. The fourth-order valence-electron chi connectivity index (χ4n) is 5.35. The molecule has 1 N–H and O–H groups in total. The first-order chi connectivity index (χ1) is 21.6. The zero-order chi connectivity index (χ0) is 32.2. The molecule has 44 heavy (non-hydrogen) atoms. The molecule has 0 rings (SSSR count). The molecule has 0 aromatic carbocycles. The number of carbonyl (C=O) groups excluding carboxylic acids is 1. The monoisotopic (exact) mass is 615 g/mol. The molecule has 0 heterocycles. The molecule has 4 heteroatoms. The van der Waals surface area contributed by atoms with Gasteiger partial charge >= 0.3 is 11.9 Å². The fraction of sp³-hybridized carbons (Fsp3) is 0.750. The molecule has 1 atom stereocenters. The van der Waals surface area contributed by atoms with Gasteiger partial charge in [0.25, 0.3) is 0 Å². The van der Waals surface area contributed by atoms with Crippen molar-refractivity contribution in [1.29, 1.82) is 0 Å². The zero-order valence-corrected chi connectivity index (χ0v) is 29.0. The fourth-order valence-corrected chi connectivity index (χ4v) is 5.35. The van der Waals surface area contributed by atoms with Crippen molar-refractivity contribution in [3.8, 4) is 0 Å². The summed E-state index contributed by atoms with van der Waals surface area (Å²) >= 11 is 0. The van der Waals surface area contributed by atoms with Gasteiger partial charge in [0.1, 0.15) is 6.10 Å². The number of ether oxygens (including phenoxy) is 1. The van der Waals surface area contributed by atoms with Gasteiger partial charge in [-0.3, -0.25) is 9.59 Å². The molecule has 0 amide bonds. The van der Waals surface area contributed by atoms with Crippen molar-refractivity contribution >= 4 is 11.9 Å². The summed E-state index contributed by atoms with van der Waals surface area (Å²) in [6.45, 7) is 4.43. The number of carboxylic acids is 1. The number of hydrogen-bond acceptors (Lipinski definition) is 3. The van der Waals surface area contributed by atoms with Crippen LogP contribution in [0.5, 0.6) is 0 Å². The summed E-state index contributed by atoms with van der Waals surface area (Å²) in [7, 11) is 0. The van der Waals surface area contributed by atoms with Crippen molar-refractivity contribution in [2.45, 2.75) is 193 Å². The molecule has 0 saturated heterocycles. The van der Waals surface area contributed by atoms with E-state index in [0.29, 0.717) is 12.8 Å². The largest absolute Gasteiger partial charge is 0.481 e. The van der Waals surface area contributed by atoms with Gasteiger partial charge in [0.05, 0.1) is 0 Å². The molecule has 4 nitrogen and oxygen atoms in total. The third kappa shape index (κ3) is 34.4. The van der Waals surface area contributed by atoms with E-state index in [0.717, 1.165) is 70.6 Å². The van der Waals surface area contributed by atoms with E-state index in [1.165, 1.54) is 83.5 Å². The Balaban J connectivity index is 4.00. The maximum absolute atomic E-state index is 12.5. The average molecular weight is 615 g/mol. The molecule has 0 aliphatic carbocycles. The predicted molar refractivity (Wildman–Crippen MR) is 190 cm³/mol. The second kappa shape index (κ2) is 35.4. The minimum Gasteiger partial charge on any atom is -0.481 e. The van der Waals surface area contributed by atoms with Gasteiger partial charge in [0.15, 0.2) is 0 Å². The Morgan fingerprint density at radius 3 is 1.45 bits per heavy atom. The van der Waals surface area contributed by atoms with Crippen molar-refractivity contribution in [3.63, 3.8) is 0 Å². The van der Waals surface area contributed by atoms with Crippen LogP contribution < -0.4 is 0 Å². The standard InChI is InChI=1S/C40H70O4/c1-3-5-7-9-11-13-15-17-19-21-23-25-27-29-31-37-40(43)44-38(35-32-33-36-39(41)42)34-30-28-26-24-22-20-18-16-14-12-10-8-6-4-2/h5,7,11,13,17,19,23,25,38H,3-4,6,8-10,12,14-16,18,20-22,24,26-37H2,1-2H3,(H,41,42)/b7-5-,13-11-,19-17-,25-23-. The molecule has 0 spiro atoms. The predicted octanol–water partition coefficient (Wildman–Crippen LogP) is 12.8. The first-order valence-electron chi connectivity index (χ1n) is 18.6. The Labute approximate surface area is 272 Å². The Kier molecular flexibility index (Phi) is 33.7. The number of carbonyl (C=O) groups is 2. The SMILES string of the molecule is CC/C=C\C/C=C\C/C=C\C/C=C\CCCCC(=O)OC(CCCCCCCCCCCCCCCC)CCCCC(=O)O. The van der Waals surface area contributed by atoms with E-state index in [2.05, 4.69) is 62.5 Å². The van der Waals surface area contributed by atoms with E-state index in [-0.39, 0.29) is 18.5 Å². The summed E-state index contributed by atoms with van der Waals surface area (Å²) in [5, 5.41) is 8.93. The van der Waals surface area contributed by atoms with Crippen LogP contribution >= 0.6 is 0 Å². The number of aliphatic carboxylic acids is 1. The van der Waals surface area contributed by atoms with Crippen molar-refractivity contribution < 1.29 is 19.4 Å². The second-order valence-electron chi connectivity index (χ2n) is 12.4. The van der Waals surface area contributed by atoms with Crippen LogP contribution in [0.4, 0.5) is 0 Å². The lowest BCUT2D eigenvalue weighted by Crippen LogP contribution is -2.18. The molecular formula is C40H70O4. The van der Waals surface area contributed by atoms with E-state index in [1.54, 1.807) is 0 Å². The molecule has 1 unspecified atom stereocenters. The minimum atomic E-state index is -0.751. The van der Waals surface area contributed by atoms with Crippen molar-refractivity contribution in [2.75, 3.05) is 0 Å². The van der Waals surface area contributed by atoms with Crippen LogP contribution in [0.15, 0.2) is 48.6 Å². The van der Waals surface area contributed by atoms with Gasteiger partial charge in [-0.25, -0.2) is 0 Å². The number of rotatable bonds is 33. The Bertz CT molecular complexity index is 748. The van der Waals surface area contributed by atoms with Crippen LogP contribution in [0.1, 0.15) is 187 Å². The number of esters is 1. The van der Waals surface area contributed by atoms with Crippen LogP contribution in [0.25, 0.3) is 0 Å². The Morgan fingerprint density at radius 2 is 0.955 bits per heavy atom. The molecule has 0 aliphatic heterocycles. The first-order valence-corrected chi connectivity index (χ1v) is 18.6. The van der Waals surface area contributed by atoms with E-state index >= 15 is 0 Å². The zero-order valence-electron chi connectivity index (χ0n) is 29.0. The van der Waals surface area contributed by atoms with Crippen LogP contribution in [0, 0.1) is 0 Å². The molecule has 0 aliphatic rings. The average Bonchev–Trinajstić information content (AvgIpc) is 3.01. The highest BCUT2D eigenvalue weighted by Gasteiger charge is 2.14. The maximum Gasteiger partial charge on any atom is 0.306 e. The molecule has 0 aromatic rings. The molecule has 0 radical (unpaired) electrons. The normalized spacial score (nSPS) is 12.8. The summed E-state index contributed by atoms with van der Waals surface area (Å²) in [6, 6.07) is 0. The van der Waals surface area contributed by atoms with E-state index in [9.17, 15) is 9.59 Å². The Morgan fingerprint density at radius 1 is 0.523 bits per heavy atom. The summed E-state index contributed by atoms with van der Waals surface area (Å²) < 4.78 is 5.87. The summed E-state index contributed by atoms with van der Waals surface area (Å²) in [4.78, 5) is 23.4. The molecule has 254 valence electrons. The lowest BCUT2D eigenvalue weighted by Gasteiger charge is -2.18. The van der Waals surface area contributed by atoms with Gasteiger partial charge in [0.2, 0.25) is 0 Å². The van der Waals surface area contributed by atoms with E-state index in [4.69, 9.17) is 9.84 Å². The van der Waals surface area contributed by atoms with E-state index in [1.807, 2.05) is 0 Å². The maximum atomic E-state index is 12.5. The number of allylic oxidation sites excluding steroid dienone is 8. The van der Waals surface area contributed by atoms with Crippen LogP contribution in [-0.4, -0.2) is 23.1 Å². The van der Waals surface area contributed by atoms with Crippen molar-refractivity contribution in [1.82, 2.24) is 0 Å². The molecule has 0 bridgehead atoms. The third-order valence-corrected chi connectivity index (χ3v) is 8.07. The minimum absolute atomic E-state index is 0.0667. The number of hydrogen-bond donors (Lipinski definition) is 1. The second-order valence-corrected chi connectivity index (χ2v) is 12.4. The smallest absolute Gasteiger partial charge is 0.306 e. The van der Waals surface area contributed by atoms with Crippen molar-refractivity contribution in [2.24, 2.45) is 0 Å². The summed E-state index contributed by atoms with van der Waals surface area (Å²) in [5.41, 5.74) is 0. The van der Waals surface area contributed by atoms with Gasteiger partial charge < -0.3 is 9.84 Å². The molecule has 0 aromatic heterocycles. The van der Waals surface area contributed by atoms with Gasteiger partial charge in [-0.15, -0.1) is 0 Å². The molecule has 0 fully saturated rings.